The molecule has 0 aliphatic rings. The Bertz CT molecular complexity index is 1540. The van der Waals surface area contributed by atoms with Crippen molar-refractivity contribution in [2.75, 3.05) is 45.4 Å². The van der Waals surface area contributed by atoms with Gasteiger partial charge in [0, 0.05) is 11.3 Å². The van der Waals surface area contributed by atoms with E-state index in [0.717, 1.165) is 27.7 Å². The van der Waals surface area contributed by atoms with Crippen LogP contribution in [0.2, 0.25) is 0 Å². The monoisotopic (exact) mass is 749 g/mol. The number of ketones is 4. The molecule has 0 heterocycles. The van der Waals surface area contributed by atoms with Crippen LogP contribution in [-0.2, 0) is 28.7 Å². The summed E-state index contributed by atoms with van der Waals surface area (Å²) in [6.45, 7) is 17.9. The minimum Gasteiger partial charge on any atom is -0.478 e. The summed E-state index contributed by atoms with van der Waals surface area (Å²) in [7, 11) is 0. The number of esters is 1. The van der Waals surface area contributed by atoms with E-state index in [1.807, 2.05) is 0 Å². The Morgan fingerprint density at radius 2 is 0.943 bits per heavy atom. The lowest BCUT2D eigenvalue weighted by atomic mass is 9.54. The topological polar surface area (TPSA) is 300 Å². The molecule has 0 bridgehead atoms. The summed E-state index contributed by atoms with van der Waals surface area (Å²) in [5.41, 5.74) is -7.45. The SMILES string of the molecule is C=C(C)C(=O)OC(C(=O)C(=C)C)(C(=O)C(=C)C)C(CO)(CO)C(O)(C(=O)C(=C)C)C(=O)C(=C)C.Nc1ccccc1C(=O)O.OCC(CO)(CO)CO. The van der Waals surface area contributed by atoms with E-state index in [9.17, 15) is 44.1 Å². The van der Waals surface area contributed by atoms with Crippen LogP contribution in [0.1, 0.15) is 45.0 Å². The summed E-state index contributed by atoms with van der Waals surface area (Å²) in [5.74, 6) is -8.06. The van der Waals surface area contributed by atoms with Crippen LogP contribution in [0.3, 0.4) is 0 Å². The molecule has 0 aromatic heterocycles. The number of aliphatic hydroxyl groups is 7. The van der Waals surface area contributed by atoms with Crippen molar-refractivity contribution in [3.05, 3.63) is 90.6 Å². The Morgan fingerprint density at radius 3 is 1.15 bits per heavy atom. The molecular formula is C37H51NO15. The predicted octanol–water partition coefficient (Wildman–Crippen LogP) is 0.0364. The average Bonchev–Trinajstić information content (AvgIpc) is 3.11. The number of hydrogen-bond acceptors (Lipinski definition) is 15. The van der Waals surface area contributed by atoms with Crippen molar-refractivity contribution in [2.45, 2.75) is 45.8 Å². The number of Topliss-reactive ketones (excluding diaryl/α,β-unsaturated/α-hetero) is 4. The number of ether oxygens (including phenoxy) is 1. The van der Waals surface area contributed by atoms with Crippen molar-refractivity contribution in [3.8, 4) is 0 Å². The fraction of sp³-hybridized carbons (Fsp3) is 0.405. The van der Waals surface area contributed by atoms with Gasteiger partial charge in [0.1, 0.15) is 5.41 Å². The van der Waals surface area contributed by atoms with Gasteiger partial charge in [0.05, 0.1) is 50.6 Å². The maximum Gasteiger partial charge on any atom is 0.337 e. The highest BCUT2D eigenvalue weighted by atomic mass is 16.6. The van der Waals surface area contributed by atoms with Crippen LogP contribution in [0.5, 0.6) is 0 Å². The Kier molecular flexibility index (Phi) is 19.8. The van der Waals surface area contributed by atoms with E-state index in [-0.39, 0.29) is 11.1 Å². The Balaban J connectivity index is 0. The summed E-state index contributed by atoms with van der Waals surface area (Å²) in [6.07, 6.45) is 0. The second-order valence-corrected chi connectivity index (χ2v) is 12.4. The third-order valence-electron chi connectivity index (χ3n) is 7.88. The minimum absolute atomic E-state index is 0.155. The average molecular weight is 750 g/mol. The highest BCUT2D eigenvalue weighted by Gasteiger charge is 2.76. The number of hydrogen-bond donors (Lipinski definition) is 9. The van der Waals surface area contributed by atoms with Gasteiger partial charge in [0.2, 0.25) is 22.8 Å². The number of aromatic carboxylic acids is 1. The standard InChI is InChI=1S/C25H32O9.C7H7NO2.C5H12O4/c1-13(2)18(28)24(33,19(29)14(3)4)23(11-26,12-27)25(20(30)15(5)6,21(31)16(7)8)34-22(32)17(9)10;8-6-4-2-1-3-5(6)7(9)10;6-1-5(2-7,3-8)4-9/h26-27,33H,1,3,5,7,9,11-12H2,2,4,6,8,10H3;1-4H,8H2,(H,9,10);6-9H,1-4H2. The van der Waals surface area contributed by atoms with Crippen molar-refractivity contribution in [1.29, 1.82) is 0 Å². The van der Waals surface area contributed by atoms with E-state index in [2.05, 4.69) is 32.9 Å². The first-order valence-electron chi connectivity index (χ1n) is 15.5. The molecular weight excluding hydrogens is 698 g/mol. The summed E-state index contributed by atoms with van der Waals surface area (Å²) in [5, 5.41) is 75.3. The molecule has 0 saturated carbocycles. The number of carboxylic acid groups (broad SMARTS) is 1. The lowest BCUT2D eigenvalue weighted by molar-refractivity contribution is -0.224. The predicted molar refractivity (Wildman–Crippen MR) is 193 cm³/mol. The maximum atomic E-state index is 13.6. The number of aliphatic hydroxyl groups excluding tert-OH is 6. The van der Waals surface area contributed by atoms with Crippen molar-refractivity contribution in [2.24, 2.45) is 10.8 Å². The van der Waals surface area contributed by atoms with Crippen LogP contribution in [0.25, 0.3) is 0 Å². The molecule has 0 aliphatic carbocycles. The summed E-state index contributed by atoms with van der Waals surface area (Å²) in [6, 6.07) is 6.36. The second-order valence-electron chi connectivity index (χ2n) is 12.4. The number of nitrogens with two attached hydrogens (primary N) is 1. The Labute approximate surface area is 307 Å². The highest BCUT2D eigenvalue weighted by Crippen LogP contribution is 2.49. The van der Waals surface area contributed by atoms with Crippen LogP contribution in [-0.4, -0.2) is 127 Å². The molecule has 10 N–H and O–H groups in total. The molecule has 0 saturated heterocycles. The lowest BCUT2D eigenvalue weighted by Crippen LogP contribution is -2.77. The Hall–Kier alpha value is -4.94. The van der Waals surface area contributed by atoms with Gasteiger partial charge in [-0.3, -0.25) is 19.2 Å². The van der Waals surface area contributed by atoms with E-state index in [4.69, 9.17) is 36.0 Å². The van der Waals surface area contributed by atoms with Gasteiger partial charge >= 0.3 is 11.9 Å². The normalized spacial score (nSPS) is 11.3. The first kappa shape index (κ1) is 50.2. The van der Waals surface area contributed by atoms with Crippen LogP contribution in [0.4, 0.5) is 5.69 Å². The zero-order chi connectivity index (χ0) is 42.3. The molecule has 53 heavy (non-hydrogen) atoms. The minimum atomic E-state index is -3.54. The number of rotatable bonds is 19. The molecule has 16 heteroatoms. The molecule has 0 aliphatic heterocycles. The van der Waals surface area contributed by atoms with Crippen LogP contribution < -0.4 is 5.73 Å². The molecule has 1 aromatic carbocycles. The summed E-state index contributed by atoms with van der Waals surface area (Å²) in [4.78, 5) is 76.8. The summed E-state index contributed by atoms with van der Waals surface area (Å²) >= 11 is 0. The van der Waals surface area contributed by atoms with E-state index >= 15 is 0 Å². The van der Waals surface area contributed by atoms with E-state index in [1.54, 1.807) is 18.2 Å². The fourth-order valence-electron chi connectivity index (χ4n) is 4.46. The maximum absolute atomic E-state index is 13.6. The second kappa shape index (κ2) is 20.9. The van der Waals surface area contributed by atoms with Gasteiger partial charge < -0.3 is 51.3 Å². The van der Waals surface area contributed by atoms with E-state index in [0.29, 0.717) is 5.69 Å². The molecule has 1 rings (SSSR count). The smallest absolute Gasteiger partial charge is 0.337 e. The van der Waals surface area contributed by atoms with Gasteiger partial charge in [-0.1, -0.05) is 45.0 Å². The van der Waals surface area contributed by atoms with Crippen molar-refractivity contribution in [3.63, 3.8) is 0 Å². The van der Waals surface area contributed by atoms with Crippen LogP contribution in [0, 0.1) is 10.8 Å². The highest BCUT2D eigenvalue weighted by molar-refractivity contribution is 6.28. The molecule has 0 radical (unpaired) electrons. The lowest BCUT2D eigenvalue weighted by Gasteiger charge is -2.52. The van der Waals surface area contributed by atoms with Crippen LogP contribution >= 0.6 is 0 Å². The fourth-order valence-corrected chi connectivity index (χ4v) is 4.46. The van der Waals surface area contributed by atoms with Crippen molar-refractivity contribution < 1.29 is 74.4 Å². The van der Waals surface area contributed by atoms with Crippen molar-refractivity contribution in [1.82, 2.24) is 0 Å². The molecule has 0 amide bonds. The zero-order valence-corrected chi connectivity index (χ0v) is 30.6. The van der Waals surface area contributed by atoms with E-state index < -0.39 is 119 Å². The molecule has 0 atom stereocenters. The van der Waals surface area contributed by atoms with E-state index in [1.165, 1.54) is 13.0 Å². The van der Waals surface area contributed by atoms with Crippen molar-refractivity contribution >= 4 is 40.8 Å². The van der Waals surface area contributed by atoms with Crippen LogP contribution in [0.15, 0.2) is 85.0 Å². The number of carboxylic acids is 1. The summed E-state index contributed by atoms with van der Waals surface area (Å²) < 4.78 is 5.30. The number of para-hydroxylation sites is 1. The van der Waals surface area contributed by atoms with Gasteiger partial charge in [-0.25, -0.2) is 9.59 Å². The third-order valence-corrected chi connectivity index (χ3v) is 7.88. The molecule has 1 aromatic rings. The molecule has 0 fully saturated rings. The van der Waals surface area contributed by atoms with Gasteiger partial charge in [0.15, 0.2) is 11.6 Å². The zero-order valence-electron chi connectivity index (χ0n) is 30.6. The van der Waals surface area contributed by atoms with Gasteiger partial charge in [-0.15, -0.1) is 0 Å². The first-order valence-corrected chi connectivity index (χ1v) is 15.5. The molecule has 0 unspecified atom stereocenters. The Morgan fingerprint density at radius 1 is 0.604 bits per heavy atom. The third kappa shape index (κ3) is 10.6. The van der Waals surface area contributed by atoms with Gasteiger partial charge in [-0.05, 0) is 69.0 Å². The quantitative estimate of drug-likeness (QED) is 0.0390. The molecule has 0 spiro atoms. The number of nitrogen functional groups attached to an aromatic ring is 1. The molecule has 294 valence electrons. The molecule has 16 nitrogen and oxygen atoms in total. The first-order chi connectivity index (χ1) is 24.3. The largest absolute Gasteiger partial charge is 0.478 e. The van der Waals surface area contributed by atoms with Gasteiger partial charge in [0.25, 0.3) is 0 Å². The number of carbonyl (C=O) groups excluding carboxylic acids is 5. The number of anilines is 1. The number of benzene rings is 1. The van der Waals surface area contributed by atoms with Gasteiger partial charge in [-0.2, -0.15) is 0 Å². The number of carbonyl (C=O) groups is 6.